The number of benzene rings is 1. The topological polar surface area (TPSA) is 33.7 Å². The number of ether oxygens (including phenoxy) is 2. The van der Waals surface area contributed by atoms with E-state index in [0.29, 0.717) is 6.04 Å². The van der Waals surface area contributed by atoms with E-state index in [1.54, 1.807) is 14.2 Å². The lowest BCUT2D eigenvalue weighted by Gasteiger charge is -2.25. The van der Waals surface area contributed by atoms with Crippen molar-refractivity contribution in [3.05, 3.63) is 23.8 Å². The molecule has 2 aliphatic rings. The van der Waals surface area contributed by atoms with Gasteiger partial charge in [-0.2, -0.15) is 0 Å². The Bertz CT molecular complexity index is 480. The van der Waals surface area contributed by atoms with E-state index in [-0.39, 0.29) is 0 Å². The summed E-state index contributed by atoms with van der Waals surface area (Å²) in [6.07, 6.45) is 1.06. The molecule has 0 aliphatic carbocycles. The molecule has 0 radical (unpaired) electrons. The third-order valence-electron chi connectivity index (χ3n) is 5.02. The Morgan fingerprint density at radius 2 is 1.81 bits per heavy atom. The molecular weight excluding hydrogens is 264 g/mol. The number of hydrogen-bond donors (Lipinski definition) is 1. The third-order valence-corrected chi connectivity index (χ3v) is 5.02. The Kier molecular flexibility index (Phi) is 4.36. The molecule has 3 rings (SSSR count). The fraction of sp³-hybridized carbons (Fsp3) is 0.647. The Morgan fingerprint density at radius 3 is 2.43 bits per heavy atom. The van der Waals surface area contributed by atoms with Gasteiger partial charge >= 0.3 is 0 Å². The van der Waals surface area contributed by atoms with Crippen LogP contribution >= 0.6 is 0 Å². The van der Waals surface area contributed by atoms with Crippen molar-refractivity contribution in [2.75, 3.05) is 40.4 Å². The van der Waals surface area contributed by atoms with Gasteiger partial charge in [0.15, 0.2) is 11.5 Å². The second-order valence-corrected chi connectivity index (χ2v) is 6.37. The van der Waals surface area contributed by atoms with Crippen LogP contribution in [0.25, 0.3) is 0 Å². The molecular formula is C17H26N2O2. The van der Waals surface area contributed by atoms with Gasteiger partial charge in [-0.25, -0.2) is 0 Å². The molecule has 3 atom stereocenters. The number of likely N-dealkylation sites (tertiary alicyclic amines) is 1. The van der Waals surface area contributed by atoms with E-state index in [1.807, 2.05) is 6.07 Å². The summed E-state index contributed by atoms with van der Waals surface area (Å²) in [5.74, 6) is 3.34. The van der Waals surface area contributed by atoms with Crippen LogP contribution in [0.3, 0.4) is 0 Å². The highest BCUT2D eigenvalue weighted by Crippen LogP contribution is 2.31. The molecule has 2 saturated heterocycles. The molecule has 1 N–H and O–H groups in total. The summed E-state index contributed by atoms with van der Waals surface area (Å²) < 4.78 is 10.7. The molecule has 0 aromatic heterocycles. The zero-order valence-electron chi connectivity index (χ0n) is 13.3. The van der Waals surface area contributed by atoms with Gasteiger partial charge < -0.3 is 14.8 Å². The maximum absolute atomic E-state index is 5.40. The highest BCUT2D eigenvalue weighted by molar-refractivity contribution is 5.43. The zero-order valence-corrected chi connectivity index (χ0v) is 13.3. The van der Waals surface area contributed by atoms with Crippen LogP contribution in [0.15, 0.2) is 18.2 Å². The Balaban J connectivity index is 1.63. The Labute approximate surface area is 127 Å². The normalized spacial score (nSPS) is 26.6. The summed E-state index contributed by atoms with van der Waals surface area (Å²) in [5.41, 5.74) is 1.32. The van der Waals surface area contributed by atoms with Crippen LogP contribution in [0.5, 0.6) is 11.5 Å². The molecule has 0 saturated carbocycles. The van der Waals surface area contributed by atoms with Gasteiger partial charge in [-0.15, -0.1) is 0 Å². The van der Waals surface area contributed by atoms with Crippen LogP contribution in [0.2, 0.25) is 0 Å². The highest BCUT2D eigenvalue weighted by atomic mass is 16.5. The molecule has 21 heavy (non-hydrogen) atoms. The lowest BCUT2D eigenvalue weighted by molar-refractivity contribution is 0.239. The molecule has 1 aromatic rings. The van der Waals surface area contributed by atoms with Crippen LogP contribution in [-0.4, -0.2) is 51.3 Å². The van der Waals surface area contributed by atoms with Crippen molar-refractivity contribution >= 4 is 0 Å². The molecule has 2 fully saturated rings. The predicted molar refractivity (Wildman–Crippen MR) is 84.1 cm³/mol. The summed E-state index contributed by atoms with van der Waals surface area (Å²) in [5, 5.41) is 3.50. The van der Waals surface area contributed by atoms with Crippen molar-refractivity contribution in [3.63, 3.8) is 0 Å². The lowest BCUT2D eigenvalue weighted by Crippen LogP contribution is -2.35. The number of hydrogen-bond acceptors (Lipinski definition) is 4. The minimum atomic E-state index is 0.578. The standard InChI is InChI=1S/C17H26N2O2/c1-12(19-10-14-8-18-9-15(14)11-19)6-13-4-5-16(20-2)17(7-13)21-3/h4-5,7,12,14-15,18H,6,8-11H2,1-3H3/t12?,14-,15+. The summed E-state index contributed by atoms with van der Waals surface area (Å²) >= 11 is 0. The van der Waals surface area contributed by atoms with Gasteiger partial charge in [0, 0.05) is 19.1 Å². The van der Waals surface area contributed by atoms with Crippen molar-refractivity contribution in [2.24, 2.45) is 11.8 Å². The molecule has 2 heterocycles. The number of nitrogens with zero attached hydrogens (tertiary/aromatic N) is 1. The van der Waals surface area contributed by atoms with Crippen molar-refractivity contribution in [3.8, 4) is 11.5 Å². The Hall–Kier alpha value is -1.26. The van der Waals surface area contributed by atoms with Crippen molar-refractivity contribution < 1.29 is 9.47 Å². The highest BCUT2D eigenvalue weighted by Gasteiger charge is 2.37. The van der Waals surface area contributed by atoms with Crippen molar-refractivity contribution in [2.45, 2.75) is 19.4 Å². The average molecular weight is 290 g/mol. The zero-order chi connectivity index (χ0) is 14.8. The van der Waals surface area contributed by atoms with E-state index in [9.17, 15) is 0 Å². The second kappa shape index (κ2) is 6.24. The molecule has 4 heteroatoms. The monoisotopic (exact) mass is 290 g/mol. The van der Waals surface area contributed by atoms with Gasteiger partial charge in [0.25, 0.3) is 0 Å². The molecule has 0 amide bonds. The van der Waals surface area contributed by atoms with Crippen LogP contribution in [0.1, 0.15) is 12.5 Å². The number of rotatable bonds is 5. The van der Waals surface area contributed by atoms with Gasteiger partial charge in [-0.3, -0.25) is 4.90 Å². The van der Waals surface area contributed by atoms with Crippen LogP contribution in [-0.2, 0) is 6.42 Å². The molecule has 116 valence electrons. The molecule has 1 unspecified atom stereocenters. The van der Waals surface area contributed by atoms with E-state index in [2.05, 4.69) is 29.3 Å². The first-order valence-corrected chi connectivity index (χ1v) is 7.87. The van der Waals surface area contributed by atoms with E-state index in [1.165, 1.54) is 31.7 Å². The predicted octanol–water partition coefficient (Wildman–Crippen LogP) is 1.79. The fourth-order valence-corrected chi connectivity index (χ4v) is 3.73. The second-order valence-electron chi connectivity index (χ2n) is 6.37. The fourth-order valence-electron chi connectivity index (χ4n) is 3.73. The van der Waals surface area contributed by atoms with E-state index < -0.39 is 0 Å². The first kappa shape index (κ1) is 14.7. The van der Waals surface area contributed by atoms with Crippen molar-refractivity contribution in [1.29, 1.82) is 0 Å². The lowest BCUT2D eigenvalue weighted by atomic mass is 10.0. The van der Waals surface area contributed by atoms with Gasteiger partial charge in [0.2, 0.25) is 0 Å². The summed E-state index contributed by atoms with van der Waals surface area (Å²) in [4.78, 5) is 2.65. The molecule has 0 bridgehead atoms. The summed E-state index contributed by atoms with van der Waals surface area (Å²) in [6, 6.07) is 6.84. The average Bonchev–Trinajstić information content (AvgIpc) is 3.08. The van der Waals surface area contributed by atoms with E-state index >= 15 is 0 Å². The number of methoxy groups -OCH3 is 2. The summed E-state index contributed by atoms with van der Waals surface area (Å²) in [7, 11) is 3.37. The largest absolute Gasteiger partial charge is 0.493 e. The van der Waals surface area contributed by atoms with Crippen molar-refractivity contribution in [1.82, 2.24) is 10.2 Å². The van der Waals surface area contributed by atoms with Gasteiger partial charge in [-0.1, -0.05) is 6.07 Å². The molecule has 2 aliphatic heterocycles. The molecule has 1 aromatic carbocycles. The SMILES string of the molecule is COc1ccc(CC(C)N2C[C@H]3CNC[C@H]3C2)cc1OC. The number of nitrogens with one attached hydrogen (secondary N) is 1. The minimum Gasteiger partial charge on any atom is -0.493 e. The van der Waals surface area contributed by atoms with E-state index in [0.717, 1.165) is 29.8 Å². The van der Waals surface area contributed by atoms with Gasteiger partial charge in [-0.05, 0) is 56.0 Å². The van der Waals surface area contributed by atoms with Gasteiger partial charge in [0.05, 0.1) is 14.2 Å². The third kappa shape index (κ3) is 3.01. The maximum Gasteiger partial charge on any atom is 0.160 e. The van der Waals surface area contributed by atoms with E-state index in [4.69, 9.17) is 9.47 Å². The van der Waals surface area contributed by atoms with Crippen LogP contribution in [0.4, 0.5) is 0 Å². The minimum absolute atomic E-state index is 0.578. The van der Waals surface area contributed by atoms with Gasteiger partial charge in [0.1, 0.15) is 0 Å². The molecule has 0 spiro atoms. The van der Waals surface area contributed by atoms with Crippen LogP contribution < -0.4 is 14.8 Å². The Morgan fingerprint density at radius 1 is 1.14 bits per heavy atom. The first-order valence-electron chi connectivity index (χ1n) is 7.87. The maximum atomic E-state index is 5.40. The summed E-state index contributed by atoms with van der Waals surface area (Å²) in [6.45, 7) is 7.22. The quantitative estimate of drug-likeness (QED) is 0.896. The number of fused-ring (bicyclic) bond motifs is 1. The molecule has 4 nitrogen and oxygen atoms in total. The first-order chi connectivity index (χ1) is 10.2. The van der Waals surface area contributed by atoms with Crippen LogP contribution in [0, 0.1) is 11.8 Å². The smallest absolute Gasteiger partial charge is 0.160 e.